The largest absolute Gasteiger partial charge is 0.397 e. The molecule has 0 saturated heterocycles. The van der Waals surface area contributed by atoms with Gasteiger partial charge in [-0.05, 0) is 30.7 Å². The molecule has 0 aliphatic heterocycles. The summed E-state index contributed by atoms with van der Waals surface area (Å²) >= 11 is 0. The summed E-state index contributed by atoms with van der Waals surface area (Å²) in [6.45, 7) is 1.74. The predicted octanol–water partition coefficient (Wildman–Crippen LogP) is 2.78. The van der Waals surface area contributed by atoms with Crippen molar-refractivity contribution in [2.24, 2.45) is 0 Å². The highest BCUT2D eigenvalue weighted by Crippen LogP contribution is 2.23. The zero-order valence-corrected chi connectivity index (χ0v) is 8.37. The van der Waals surface area contributed by atoms with Crippen LogP contribution in [0.5, 0.6) is 0 Å². The molecule has 2 nitrogen and oxygen atoms in total. The molecule has 0 spiro atoms. The van der Waals surface area contributed by atoms with Gasteiger partial charge in [-0.2, -0.15) is 0 Å². The second-order valence-corrected chi connectivity index (χ2v) is 3.39. The van der Waals surface area contributed by atoms with Crippen molar-refractivity contribution in [1.29, 1.82) is 0 Å². The van der Waals surface area contributed by atoms with Crippen LogP contribution < -0.4 is 5.73 Å². The molecule has 0 unspecified atom stereocenters. The van der Waals surface area contributed by atoms with E-state index in [2.05, 4.69) is 4.98 Å². The molecule has 1 aromatic carbocycles. The van der Waals surface area contributed by atoms with E-state index in [4.69, 9.17) is 5.73 Å². The van der Waals surface area contributed by atoms with E-state index >= 15 is 0 Å². The van der Waals surface area contributed by atoms with E-state index in [1.165, 1.54) is 6.07 Å². The average molecular weight is 202 g/mol. The Morgan fingerprint density at radius 2 is 2.00 bits per heavy atom. The molecule has 76 valence electrons. The van der Waals surface area contributed by atoms with Crippen molar-refractivity contribution in [2.45, 2.75) is 6.92 Å². The number of halogens is 1. The second kappa shape index (κ2) is 3.69. The van der Waals surface area contributed by atoms with Gasteiger partial charge in [0.25, 0.3) is 0 Å². The maximum atomic E-state index is 13.3. The number of pyridine rings is 1. The first-order valence-corrected chi connectivity index (χ1v) is 4.65. The lowest BCUT2D eigenvalue weighted by molar-refractivity contribution is 0.619. The molecule has 0 saturated carbocycles. The van der Waals surface area contributed by atoms with Gasteiger partial charge in [0.15, 0.2) is 0 Å². The summed E-state index contributed by atoms with van der Waals surface area (Å²) in [4.78, 5) is 4.16. The Labute approximate surface area is 87.6 Å². The lowest BCUT2D eigenvalue weighted by Crippen LogP contribution is -1.92. The second-order valence-electron chi connectivity index (χ2n) is 3.39. The molecule has 2 N–H and O–H groups in total. The molecule has 3 heteroatoms. The van der Waals surface area contributed by atoms with Crippen molar-refractivity contribution in [1.82, 2.24) is 4.98 Å². The molecule has 1 heterocycles. The van der Waals surface area contributed by atoms with Crippen LogP contribution in [0.4, 0.5) is 10.1 Å². The highest BCUT2D eigenvalue weighted by molar-refractivity contribution is 5.64. The summed E-state index contributed by atoms with van der Waals surface area (Å²) in [5.41, 5.74) is 8.28. The molecule has 1 aromatic heterocycles. The van der Waals surface area contributed by atoms with E-state index in [0.29, 0.717) is 11.3 Å². The molecule has 15 heavy (non-hydrogen) atoms. The maximum absolute atomic E-state index is 13.3. The molecule has 0 atom stereocenters. The van der Waals surface area contributed by atoms with Gasteiger partial charge in [0, 0.05) is 5.56 Å². The van der Waals surface area contributed by atoms with Crippen LogP contribution in [0.25, 0.3) is 11.3 Å². The summed E-state index contributed by atoms with van der Waals surface area (Å²) in [7, 11) is 0. The zero-order valence-electron chi connectivity index (χ0n) is 8.37. The van der Waals surface area contributed by atoms with Gasteiger partial charge in [-0.1, -0.05) is 12.1 Å². The van der Waals surface area contributed by atoms with Gasteiger partial charge in [-0.15, -0.1) is 0 Å². The molecular formula is C12H11FN2. The lowest BCUT2D eigenvalue weighted by atomic mass is 10.0. The topological polar surface area (TPSA) is 38.9 Å². The summed E-state index contributed by atoms with van der Waals surface area (Å²) in [6, 6.07) is 8.51. The fourth-order valence-electron chi connectivity index (χ4n) is 1.45. The summed E-state index contributed by atoms with van der Waals surface area (Å²) in [6.07, 6.45) is 1.57. The monoisotopic (exact) mass is 202 g/mol. The van der Waals surface area contributed by atoms with Crippen molar-refractivity contribution >= 4 is 5.69 Å². The normalized spacial score (nSPS) is 10.3. The molecule has 0 bridgehead atoms. The Bertz CT molecular complexity index is 477. The minimum Gasteiger partial charge on any atom is -0.397 e. The molecule has 2 rings (SSSR count). The summed E-state index contributed by atoms with van der Waals surface area (Å²) in [5.74, 6) is -0.217. The first kappa shape index (κ1) is 9.65. The smallest absolute Gasteiger partial charge is 0.126 e. The van der Waals surface area contributed by atoms with Crippen LogP contribution in [0, 0.1) is 12.7 Å². The first-order valence-electron chi connectivity index (χ1n) is 4.65. The van der Waals surface area contributed by atoms with Gasteiger partial charge in [-0.3, -0.25) is 4.98 Å². The third kappa shape index (κ3) is 1.81. The highest BCUT2D eigenvalue weighted by Gasteiger charge is 2.06. The van der Waals surface area contributed by atoms with Crippen LogP contribution in [0.15, 0.2) is 36.5 Å². The van der Waals surface area contributed by atoms with Crippen LogP contribution in [-0.4, -0.2) is 4.98 Å². The molecule has 0 radical (unpaired) electrons. The molecule has 0 aliphatic carbocycles. The van der Waals surface area contributed by atoms with E-state index in [1.807, 2.05) is 6.07 Å². The maximum Gasteiger partial charge on any atom is 0.126 e. The van der Waals surface area contributed by atoms with Gasteiger partial charge in [-0.25, -0.2) is 4.39 Å². The van der Waals surface area contributed by atoms with Gasteiger partial charge >= 0.3 is 0 Å². The van der Waals surface area contributed by atoms with Crippen molar-refractivity contribution in [3.05, 3.63) is 47.9 Å². The molecule has 0 aliphatic rings. The number of aromatic nitrogens is 1. The third-order valence-corrected chi connectivity index (χ3v) is 2.33. The number of rotatable bonds is 1. The zero-order chi connectivity index (χ0) is 10.8. The number of anilines is 1. The molecule has 0 amide bonds. The fourth-order valence-corrected chi connectivity index (χ4v) is 1.45. The quantitative estimate of drug-likeness (QED) is 0.772. The number of benzene rings is 1. The van der Waals surface area contributed by atoms with Gasteiger partial charge in [0.1, 0.15) is 5.82 Å². The lowest BCUT2D eigenvalue weighted by Gasteiger charge is -2.05. The van der Waals surface area contributed by atoms with Crippen molar-refractivity contribution in [2.75, 3.05) is 5.73 Å². The van der Waals surface area contributed by atoms with Crippen LogP contribution >= 0.6 is 0 Å². The number of hydrogen-bond donors (Lipinski definition) is 1. The van der Waals surface area contributed by atoms with Crippen molar-refractivity contribution < 1.29 is 4.39 Å². The van der Waals surface area contributed by atoms with Gasteiger partial charge in [0.2, 0.25) is 0 Å². The van der Waals surface area contributed by atoms with Crippen LogP contribution in [0.2, 0.25) is 0 Å². The van der Waals surface area contributed by atoms with Crippen molar-refractivity contribution in [3.63, 3.8) is 0 Å². The Hall–Kier alpha value is -1.90. The van der Waals surface area contributed by atoms with E-state index in [9.17, 15) is 4.39 Å². The minimum atomic E-state index is -0.217. The standard InChI is InChI=1S/C12H11FN2/c1-8-10(3-2-4-11(8)13)12-6-5-9(14)7-15-12/h2-7H,14H2,1H3. The highest BCUT2D eigenvalue weighted by atomic mass is 19.1. The number of nitrogens with zero attached hydrogens (tertiary/aromatic N) is 1. The van der Waals surface area contributed by atoms with Gasteiger partial charge < -0.3 is 5.73 Å². The Kier molecular flexibility index (Phi) is 2.37. The average Bonchev–Trinajstić information content (AvgIpc) is 2.24. The van der Waals surface area contributed by atoms with Crippen LogP contribution in [-0.2, 0) is 0 Å². The number of nitrogen functional groups attached to an aromatic ring is 1. The number of hydrogen-bond acceptors (Lipinski definition) is 2. The molecular weight excluding hydrogens is 191 g/mol. The third-order valence-electron chi connectivity index (χ3n) is 2.33. The SMILES string of the molecule is Cc1c(F)cccc1-c1ccc(N)cn1. The molecule has 0 fully saturated rings. The predicted molar refractivity (Wildman–Crippen MR) is 58.8 cm³/mol. The van der Waals surface area contributed by atoms with Crippen molar-refractivity contribution in [3.8, 4) is 11.3 Å². The summed E-state index contributed by atoms with van der Waals surface area (Å²) in [5, 5.41) is 0. The Morgan fingerprint density at radius 3 is 2.67 bits per heavy atom. The first-order chi connectivity index (χ1) is 7.18. The van der Waals surface area contributed by atoms with E-state index < -0.39 is 0 Å². The van der Waals surface area contributed by atoms with Crippen LogP contribution in [0.1, 0.15) is 5.56 Å². The summed E-state index contributed by atoms with van der Waals surface area (Å²) < 4.78 is 13.3. The molecule has 2 aromatic rings. The van der Waals surface area contributed by atoms with E-state index in [0.717, 1.165) is 11.3 Å². The minimum absolute atomic E-state index is 0.217. The van der Waals surface area contributed by atoms with E-state index in [1.54, 1.807) is 31.3 Å². The van der Waals surface area contributed by atoms with Gasteiger partial charge in [0.05, 0.1) is 17.6 Å². The fraction of sp³-hybridized carbons (Fsp3) is 0.0833. The van der Waals surface area contributed by atoms with Crippen LogP contribution in [0.3, 0.4) is 0 Å². The Morgan fingerprint density at radius 1 is 1.20 bits per heavy atom. The van der Waals surface area contributed by atoms with E-state index in [-0.39, 0.29) is 5.82 Å². The number of nitrogens with two attached hydrogens (primary N) is 1. The Balaban J connectivity index is 2.54.